The fraction of sp³-hybridized carbons (Fsp3) is 0.130. The smallest absolute Gasteiger partial charge is 0.259 e. The zero-order chi connectivity index (χ0) is 20.5. The highest BCUT2D eigenvalue weighted by atomic mass is 35.5. The van der Waals surface area contributed by atoms with E-state index in [0.29, 0.717) is 17.3 Å². The van der Waals surface area contributed by atoms with Crippen molar-refractivity contribution >= 4 is 28.9 Å². The van der Waals surface area contributed by atoms with E-state index in [1.54, 1.807) is 0 Å². The average Bonchev–Trinajstić information content (AvgIpc) is 2.76. The quantitative estimate of drug-likeness (QED) is 0.413. The maximum atomic E-state index is 11.9. The van der Waals surface area contributed by atoms with Gasteiger partial charge in [0.1, 0.15) is 12.4 Å². The predicted octanol–water partition coefficient (Wildman–Crippen LogP) is 4.87. The van der Waals surface area contributed by atoms with Gasteiger partial charge in [-0.15, -0.1) is 0 Å². The second-order valence-corrected chi connectivity index (χ2v) is 6.76. The number of hydrazone groups is 1. The Labute approximate surface area is 175 Å². The van der Waals surface area contributed by atoms with Crippen molar-refractivity contribution in [1.29, 1.82) is 0 Å². The zero-order valence-corrected chi connectivity index (χ0v) is 16.8. The van der Waals surface area contributed by atoms with Gasteiger partial charge in [0.15, 0.2) is 0 Å². The Balaban J connectivity index is 1.49. The lowest BCUT2D eigenvalue weighted by Crippen LogP contribution is -2.26. The van der Waals surface area contributed by atoms with Crippen molar-refractivity contribution in [2.24, 2.45) is 5.10 Å². The molecule has 5 nitrogen and oxygen atoms in total. The molecule has 29 heavy (non-hydrogen) atoms. The number of ether oxygens (including phenoxy) is 1. The first-order valence-electron chi connectivity index (χ1n) is 9.20. The molecule has 0 aliphatic heterocycles. The molecule has 0 bridgehead atoms. The molecular weight excluding hydrogens is 386 g/mol. The van der Waals surface area contributed by atoms with Gasteiger partial charge in [-0.05, 0) is 55.0 Å². The summed E-state index contributed by atoms with van der Waals surface area (Å²) in [5.41, 5.74) is 5.98. The van der Waals surface area contributed by atoms with Crippen LogP contribution >= 0.6 is 11.6 Å². The van der Waals surface area contributed by atoms with Crippen molar-refractivity contribution in [3.8, 4) is 5.75 Å². The van der Waals surface area contributed by atoms with Gasteiger partial charge in [0.2, 0.25) is 0 Å². The van der Waals surface area contributed by atoms with E-state index in [0.717, 1.165) is 22.6 Å². The Bertz CT molecular complexity index is 973. The summed E-state index contributed by atoms with van der Waals surface area (Å²) in [6.45, 7) is 2.39. The summed E-state index contributed by atoms with van der Waals surface area (Å²) in [6, 6.07) is 24.7. The van der Waals surface area contributed by atoms with Crippen molar-refractivity contribution in [3.05, 3.63) is 95.0 Å². The van der Waals surface area contributed by atoms with E-state index in [1.807, 2.05) is 85.8 Å². The van der Waals surface area contributed by atoms with Gasteiger partial charge in [-0.3, -0.25) is 4.79 Å². The van der Waals surface area contributed by atoms with Gasteiger partial charge in [-0.1, -0.05) is 48.0 Å². The standard InChI is InChI=1S/C23H22ClN3O2/c1-17(26-27-23(28)15-25-20-8-3-2-4-9-20)18-11-13-21(14-12-18)29-16-19-7-5-6-10-22(19)24/h2-14,25H,15-16H2,1H3,(H,27,28)/b26-17+. The summed E-state index contributed by atoms with van der Waals surface area (Å²) in [5.74, 6) is 0.519. The molecule has 3 aromatic carbocycles. The van der Waals surface area contributed by atoms with Crippen LogP contribution in [-0.2, 0) is 11.4 Å². The number of anilines is 1. The lowest BCUT2D eigenvalue weighted by Gasteiger charge is -2.09. The second kappa shape index (κ2) is 10.3. The first kappa shape index (κ1) is 20.4. The van der Waals surface area contributed by atoms with Crippen molar-refractivity contribution in [2.45, 2.75) is 13.5 Å². The lowest BCUT2D eigenvalue weighted by atomic mass is 10.1. The van der Waals surface area contributed by atoms with E-state index in [1.165, 1.54) is 0 Å². The van der Waals surface area contributed by atoms with Crippen LogP contribution in [-0.4, -0.2) is 18.2 Å². The van der Waals surface area contributed by atoms with Gasteiger partial charge in [0.25, 0.3) is 5.91 Å². The number of para-hydroxylation sites is 1. The number of hydrogen-bond acceptors (Lipinski definition) is 4. The van der Waals surface area contributed by atoms with E-state index >= 15 is 0 Å². The molecule has 0 aliphatic carbocycles. The van der Waals surface area contributed by atoms with E-state index in [9.17, 15) is 4.79 Å². The van der Waals surface area contributed by atoms with Crippen LogP contribution in [0.15, 0.2) is 84.0 Å². The number of amides is 1. The van der Waals surface area contributed by atoms with Crippen molar-refractivity contribution in [1.82, 2.24) is 5.43 Å². The molecule has 0 heterocycles. The van der Waals surface area contributed by atoms with E-state index in [2.05, 4.69) is 15.8 Å². The summed E-state index contributed by atoms with van der Waals surface area (Å²) >= 11 is 6.14. The molecule has 0 fully saturated rings. The Morgan fingerprint density at radius 1 is 0.966 bits per heavy atom. The minimum Gasteiger partial charge on any atom is -0.489 e. The van der Waals surface area contributed by atoms with Crippen LogP contribution in [0.25, 0.3) is 0 Å². The number of benzene rings is 3. The molecule has 0 saturated carbocycles. The first-order valence-corrected chi connectivity index (χ1v) is 9.58. The molecule has 0 unspecified atom stereocenters. The molecule has 0 aromatic heterocycles. The third-order valence-corrected chi connectivity index (χ3v) is 4.57. The molecule has 1 amide bonds. The molecule has 3 aromatic rings. The predicted molar refractivity (Wildman–Crippen MR) is 118 cm³/mol. The lowest BCUT2D eigenvalue weighted by molar-refractivity contribution is -0.119. The van der Waals surface area contributed by atoms with Crippen LogP contribution in [0.4, 0.5) is 5.69 Å². The largest absolute Gasteiger partial charge is 0.489 e. The maximum absolute atomic E-state index is 11.9. The fourth-order valence-electron chi connectivity index (χ4n) is 2.56. The summed E-state index contributed by atoms with van der Waals surface area (Å²) in [7, 11) is 0. The van der Waals surface area contributed by atoms with Gasteiger partial charge in [-0.2, -0.15) is 5.10 Å². The number of nitrogens with one attached hydrogen (secondary N) is 2. The van der Waals surface area contributed by atoms with Crippen molar-refractivity contribution < 1.29 is 9.53 Å². The maximum Gasteiger partial charge on any atom is 0.259 e. The van der Waals surface area contributed by atoms with Crippen LogP contribution < -0.4 is 15.5 Å². The molecular formula is C23H22ClN3O2. The van der Waals surface area contributed by atoms with E-state index < -0.39 is 0 Å². The number of hydrogen-bond donors (Lipinski definition) is 2. The van der Waals surface area contributed by atoms with Crippen LogP contribution in [0.5, 0.6) is 5.75 Å². The number of halogens is 1. The van der Waals surface area contributed by atoms with Gasteiger partial charge in [0, 0.05) is 16.3 Å². The molecule has 0 aliphatic rings. The number of rotatable bonds is 8. The Morgan fingerprint density at radius 3 is 2.38 bits per heavy atom. The molecule has 0 atom stereocenters. The fourth-order valence-corrected chi connectivity index (χ4v) is 2.75. The second-order valence-electron chi connectivity index (χ2n) is 6.36. The number of carbonyl (C=O) groups excluding carboxylic acids is 1. The van der Waals surface area contributed by atoms with Crippen molar-refractivity contribution in [2.75, 3.05) is 11.9 Å². The molecule has 0 radical (unpaired) electrons. The van der Waals surface area contributed by atoms with E-state index in [4.69, 9.17) is 16.3 Å². The number of nitrogens with zero attached hydrogens (tertiary/aromatic N) is 1. The van der Waals surface area contributed by atoms with Gasteiger partial charge in [0.05, 0.1) is 12.3 Å². The van der Waals surface area contributed by atoms with Crippen LogP contribution in [0.1, 0.15) is 18.1 Å². The third-order valence-electron chi connectivity index (χ3n) is 4.20. The van der Waals surface area contributed by atoms with Gasteiger partial charge >= 0.3 is 0 Å². The summed E-state index contributed by atoms with van der Waals surface area (Å²) in [5, 5.41) is 7.88. The molecule has 148 valence electrons. The number of carbonyl (C=O) groups is 1. The highest BCUT2D eigenvalue weighted by Crippen LogP contribution is 2.19. The SMILES string of the molecule is C/C(=N\NC(=O)CNc1ccccc1)c1ccc(OCc2ccccc2Cl)cc1. The minimum absolute atomic E-state index is 0.148. The molecule has 3 rings (SSSR count). The summed E-state index contributed by atoms with van der Waals surface area (Å²) in [4.78, 5) is 11.9. The normalized spacial score (nSPS) is 11.0. The molecule has 2 N–H and O–H groups in total. The highest BCUT2D eigenvalue weighted by molar-refractivity contribution is 6.31. The summed E-state index contributed by atoms with van der Waals surface area (Å²) < 4.78 is 5.78. The first-order chi connectivity index (χ1) is 14.1. The minimum atomic E-state index is -0.215. The zero-order valence-electron chi connectivity index (χ0n) is 16.1. The Kier molecular flexibility index (Phi) is 7.25. The average molecular weight is 408 g/mol. The topological polar surface area (TPSA) is 62.7 Å². The Hall–Kier alpha value is -3.31. The molecule has 0 spiro atoms. The molecule has 0 saturated heterocycles. The van der Waals surface area contributed by atoms with Gasteiger partial charge < -0.3 is 10.1 Å². The van der Waals surface area contributed by atoms with Crippen molar-refractivity contribution in [3.63, 3.8) is 0 Å². The summed E-state index contributed by atoms with van der Waals surface area (Å²) in [6.07, 6.45) is 0. The highest BCUT2D eigenvalue weighted by Gasteiger charge is 2.04. The monoisotopic (exact) mass is 407 g/mol. The molecule has 6 heteroatoms. The Morgan fingerprint density at radius 2 is 1.66 bits per heavy atom. The van der Waals surface area contributed by atoms with Gasteiger partial charge in [-0.25, -0.2) is 5.43 Å². The van der Waals surface area contributed by atoms with E-state index in [-0.39, 0.29) is 12.5 Å². The third kappa shape index (κ3) is 6.36. The van der Waals surface area contributed by atoms with Crippen LogP contribution in [0.3, 0.4) is 0 Å². The van der Waals surface area contributed by atoms with Crippen LogP contribution in [0.2, 0.25) is 5.02 Å². The van der Waals surface area contributed by atoms with Crippen LogP contribution in [0, 0.1) is 0 Å².